The van der Waals surface area contributed by atoms with E-state index in [-0.39, 0.29) is 13.0 Å². The number of carboxylic acids is 1. The summed E-state index contributed by atoms with van der Waals surface area (Å²) in [4.78, 5) is 23.1. The molecular weight excluding hydrogens is 313 g/mol. The van der Waals surface area contributed by atoms with Crippen molar-refractivity contribution in [3.05, 3.63) is 71.0 Å². The summed E-state index contributed by atoms with van der Waals surface area (Å²) in [5.74, 6) is -1.67. The molecule has 1 amide bonds. The minimum absolute atomic E-state index is 0.0284. The highest BCUT2D eigenvalue weighted by Gasteiger charge is 2.22. The fourth-order valence-corrected chi connectivity index (χ4v) is 2.19. The summed E-state index contributed by atoms with van der Waals surface area (Å²) in [5, 5.41) is 11.6. The standard InChI is InChI=1S/C18H18FNO4/c1-12-7-8-15(19)9-14(12)10-16(17(21)22)20-18(23)24-11-13-5-3-2-4-6-13/h2-9,16H,10-11H2,1H3,(H,20,23)(H,21,22). The van der Waals surface area contributed by atoms with Gasteiger partial charge in [0.25, 0.3) is 0 Å². The van der Waals surface area contributed by atoms with Crippen LogP contribution < -0.4 is 5.32 Å². The van der Waals surface area contributed by atoms with Gasteiger partial charge in [-0.15, -0.1) is 0 Å². The van der Waals surface area contributed by atoms with Crippen LogP contribution in [0.5, 0.6) is 0 Å². The number of nitrogens with one attached hydrogen (secondary N) is 1. The minimum atomic E-state index is -1.21. The van der Waals surface area contributed by atoms with Gasteiger partial charge in [0.15, 0.2) is 0 Å². The van der Waals surface area contributed by atoms with Crippen molar-refractivity contribution in [1.82, 2.24) is 5.32 Å². The van der Waals surface area contributed by atoms with E-state index in [0.717, 1.165) is 11.1 Å². The van der Waals surface area contributed by atoms with E-state index < -0.39 is 23.9 Å². The Hall–Kier alpha value is -2.89. The number of hydrogen-bond acceptors (Lipinski definition) is 3. The van der Waals surface area contributed by atoms with E-state index in [1.54, 1.807) is 25.1 Å². The number of aryl methyl sites for hydroxylation is 1. The topological polar surface area (TPSA) is 75.6 Å². The zero-order valence-electron chi connectivity index (χ0n) is 13.2. The Morgan fingerprint density at radius 3 is 2.58 bits per heavy atom. The minimum Gasteiger partial charge on any atom is -0.480 e. The zero-order valence-corrected chi connectivity index (χ0v) is 13.2. The smallest absolute Gasteiger partial charge is 0.408 e. The summed E-state index contributed by atoms with van der Waals surface area (Å²) < 4.78 is 18.3. The average Bonchev–Trinajstić information content (AvgIpc) is 2.56. The van der Waals surface area contributed by atoms with E-state index in [0.29, 0.717) is 5.56 Å². The normalized spacial score (nSPS) is 11.6. The summed E-state index contributed by atoms with van der Waals surface area (Å²) in [7, 11) is 0. The number of alkyl carbamates (subject to hydrolysis) is 1. The van der Waals surface area contributed by atoms with Crippen molar-refractivity contribution in [3.8, 4) is 0 Å². The summed E-state index contributed by atoms with van der Waals surface area (Å²) in [5.41, 5.74) is 2.06. The molecule has 0 saturated carbocycles. The molecule has 126 valence electrons. The lowest BCUT2D eigenvalue weighted by atomic mass is 10.0. The Kier molecular flexibility index (Phi) is 5.89. The lowest BCUT2D eigenvalue weighted by Gasteiger charge is -2.16. The predicted molar refractivity (Wildman–Crippen MR) is 86.0 cm³/mol. The lowest BCUT2D eigenvalue weighted by molar-refractivity contribution is -0.139. The van der Waals surface area contributed by atoms with Crippen LogP contribution >= 0.6 is 0 Å². The van der Waals surface area contributed by atoms with Gasteiger partial charge in [-0.05, 0) is 35.7 Å². The number of hydrogen-bond donors (Lipinski definition) is 2. The van der Waals surface area contributed by atoms with E-state index >= 15 is 0 Å². The fraction of sp³-hybridized carbons (Fsp3) is 0.222. The van der Waals surface area contributed by atoms with Crippen LogP contribution in [-0.4, -0.2) is 23.2 Å². The Morgan fingerprint density at radius 2 is 1.92 bits per heavy atom. The average molecular weight is 331 g/mol. The first-order valence-corrected chi connectivity index (χ1v) is 7.41. The Morgan fingerprint density at radius 1 is 1.21 bits per heavy atom. The Bertz CT molecular complexity index is 718. The number of amides is 1. The summed E-state index contributed by atoms with van der Waals surface area (Å²) in [6.07, 6.45) is -0.861. The molecule has 0 saturated heterocycles. The van der Waals surface area contributed by atoms with Crippen LogP contribution in [0.15, 0.2) is 48.5 Å². The molecular formula is C18H18FNO4. The maximum atomic E-state index is 13.3. The van der Waals surface area contributed by atoms with Crippen molar-refractivity contribution in [2.75, 3.05) is 0 Å². The number of rotatable bonds is 6. The Labute approximate surface area is 139 Å². The highest BCUT2D eigenvalue weighted by Crippen LogP contribution is 2.13. The van der Waals surface area contributed by atoms with Gasteiger partial charge in [-0.25, -0.2) is 14.0 Å². The van der Waals surface area contributed by atoms with E-state index in [4.69, 9.17) is 4.74 Å². The number of halogens is 1. The van der Waals surface area contributed by atoms with E-state index in [2.05, 4.69) is 5.32 Å². The molecule has 0 radical (unpaired) electrons. The quantitative estimate of drug-likeness (QED) is 0.853. The van der Waals surface area contributed by atoms with Crippen molar-refractivity contribution in [3.63, 3.8) is 0 Å². The van der Waals surface area contributed by atoms with Crippen LogP contribution in [0.2, 0.25) is 0 Å². The van der Waals surface area contributed by atoms with Crippen molar-refractivity contribution in [2.24, 2.45) is 0 Å². The summed E-state index contributed by atoms with van der Waals surface area (Å²) >= 11 is 0. The predicted octanol–water partition coefficient (Wildman–Crippen LogP) is 3.06. The maximum Gasteiger partial charge on any atom is 0.408 e. The second kappa shape index (κ2) is 8.10. The number of carbonyl (C=O) groups excluding carboxylic acids is 1. The monoisotopic (exact) mass is 331 g/mol. The first-order chi connectivity index (χ1) is 11.5. The molecule has 0 fully saturated rings. The van der Waals surface area contributed by atoms with Crippen LogP contribution in [0.25, 0.3) is 0 Å². The van der Waals surface area contributed by atoms with Crippen LogP contribution in [0.4, 0.5) is 9.18 Å². The number of aliphatic carboxylic acids is 1. The van der Waals surface area contributed by atoms with Crippen molar-refractivity contribution < 1.29 is 23.8 Å². The van der Waals surface area contributed by atoms with E-state index in [9.17, 15) is 19.1 Å². The van der Waals surface area contributed by atoms with E-state index in [1.807, 2.05) is 18.2 Å². The molecule has 0 aliphatic carbocycles. The van der Waals surface area contributed by atoms with Crippen molar-refractivity contribution >= 4 is 12.1 Å². The molecule has 5 nitrogen and oxygen atoms in total. The van der Waals surface area contributed by atoms with Crippen molar-refractivity contribution in [2.45, 2.75) is 26.0 Å². The fourth-order valence-electron chi connectivity index (χ4n) is 2.19. The molecule has 2 N–H and O–H groups in total. The molecule has 24 heavy (non-hydrogen) atoms. The molecule has 6 heteroatoms. The third kappa shape index (κ3) is 5.08. The van der Waals surface area contributed by atoms with Gasteiger partial charge < -0.3 is 15.2 Å². The second-order valence-corrected chi connectivity index (χ2v) is 5.37. The number of ether oxygens (including phenoxy) is 1. The molecule has 0 aliphatic heterocycles. The molecule has 2 aromatic rings. The van der Waals surface area contributed by atoms with Gasteiger partial charge in [0.05, 0.1) is 0 Å². The molecule has 1 atom stereocenters. The summed E-state index contributed by atoms with van der Waals surface area (Å²) in [6, 6.07) is 12.0. The molecule has 2 aromatic carbocycles. The van der Waals surface area contributed by atoms with Crippen LogP contribution in [0, 0.1) is 12.7 Å². The van der Waals surface area contributed by atoms with Gasteiger partial charge in [-0.1, -0.05) is 36.4 Å². The highest BCUT2D eigenvalue weighted by molar-refractivity contribution is 5.80. The molecule has 0 aromatic heterocycles. The molecule has 0 bridgehead atoms. The second-order valence-electron chi connectivity index (χ2n) is 5.37. The first kappa shape index (κ1) is 17.5. The maximum absolute atomic E-state index is 13.3. The highest BCUT2D eigenvalue weighted by atomic mass is 19.1. The first-order valence-electron chi connectivity index (χ1n) is 7.41. The third-order valence-electron chi connectivity index (χ3n) is 3.54. The zero-order chi connectivity index (χ0) is 17.5. The molecule has 0 aliphatic rings. The van der Waals surface area contributed by atoms with Gasteiger partial charge in [0.2, 0.25) is 0 Å². The van der Waals surface area contributed by atoms with E-state index in [1.165, 1.54) is 12.1 Å². The molecule has 0 heterocycles. The SMILES string of the molecule is Cc1ccc(F)cc1CC(NC(=O)OCc1ccccc1)C(=O)O. The molecule has 0 spiro atoms. The largest absolute Gasteiger partial charge is 0.480 e. The van der Waals surface area contributed by atoms with Crippen LogP contribution in [0.3, 0.4) is 0 Å². The number of benzene rings is 2. The summed E-state index contributed by atoms with van der Waals surface area (Å²) in [6.45, 7) is 1.79. The van der Waals surface area contributed by atoms with Gasteiger partial charge >= 0.3 is 12.1 Å². The van der Waals surface area contributed by atoms with Gasteiger partial charge in [0.1, 0.15) is 18.5 Å². The number of carbonyl (C=O) groups is 2. The third-order valence-corrected chi connectivity index (χ3v) is 3.54. The van der Waals surface area contributed by atoms with Gasteiger partial charge in [-0.2, -0.15) is 0 Å². The van der Waals surface area contributed by atoms with Crippen molar-refractivity contribution in [1.29, 1.82) is 0 Å². The molecule has 2 rings (SSSR count). The number of carboxylic acid groups (broad SMARTS) is 1. The van der Waals surface area contributed by atoms with Gasteiger partial charge in [0, 0.05) is 6.42 Å². The van der Waals surface area contributed by atoms with Crippen LogP contribution in [0.1, 0.15) is 16.7 Å². The van der Waals surface area contributed by atoms with Crippen LogP contribution in [-0.2, 0) is 22.6 Å². The lowest BCUT2D eigenvalue weighted by Crippen LogP contribution is -2.42. The molecule has 1 unspecified atom stereocenters. The van der Waals surface area contributed by atoms with Gasteiger partial charge in [-0.3, -0.25) is 0 Å². The Balaban J connectivity index is 1.96.